The summed E-state index contributed by atoms with van der Waals surface area (Å²) in [5, 5.41) is 11.8. The number of piperazine rings is 1. The molecule has 7 heteroatoms. The number of carbonyl (C=O) groups is 1. The Bertz CT molecular complexity index is 693. The number of nitrogens with one attached hydrogen (secondary N) is 1. The molecule has 7 nitrogen and oxygen atoms in total. The number of aromatic nitrogens is 3. The molecule has 128 valence electrons. The van der Waals surface area contributed by atoms with Crippen LogP contribution in [0.5, 0.6) is 0 Å². The highest BCUT2D eigenvalue weighted by molar-refractivity contribution is 5.68. The summed E-state index contributed by atoms with van der Waals surface area (Å²) in [5.74, 6) is 0. The molecule has 1 amide bonds. The van der Waals surface area contributed by atoms with E-state index in [1.165, 1.54) is 0 Å². The number of carbonyl (C=O) groups excluding carboxylic acids is 1. The van der Waals surface area contributed by atoms with Gasteiger partial charge in [0.05, 0.1) is 17.9 Å². The summed E-state index contributed by atoms with van der Waals surface area (Å²) in [6.45, 7) is 7.45. The van der Waals surface area contributed by atoms with Crippen molar-refractivity contribution in [3.05, 3.63) is 42.2 Å². The minimum Gasteiger partial charge on any atom is -0.444 e. The van der Waals surface area contributed by atoms with Gasteiger partial charge in [-0.1, -0.05) is 23.4 Å². The first-order valence-electron chi connectivity index (χ1n) is 8.11. The van der Waals surface area contributed by atoms with Crippen molar-refractivity contribution in [3.8, 4) is 5.69 Å². The van der Waals surface area contributed by atoms with Gasteiger partial charge in [-0.3, -0.25) is 0 Å². The molecule has 24 heavy (non-hydrogen) atoms. The molecule has 1 aliphatic rings. The Balaban J connectivity index is 1.69. The molecule has 1 saturated heterocycles. The number of para-hydroxylation sites is 1. The van der Waals surface area contributed by atoms with Gasteiger partial charge >= 0.3 is 6.09 Å². The predicted octanol–water partition coefficient (Wildman–Crippen LogP) is 2.15. The molecule has 1 aliphatic heterocycles. The Morgan fingerprint density at radius 1 is 1.29 bits per heavy atom. The van der Waals surface area contributed by atoms with E-state index in [9.17, 15) is 4.79 Å². The van der Waals surface area contributed by atoms with Crippen molar-refractivity contribution in [2.45, 2.75) is 32.4 Å². The molecule has 2 heterocycles. The van der Waals surface area contributed by atoms with E-state index in [2.05, 4.69) is 15.6 Å². The summed E-state index contributed by atoms with van der Waals surface area (Å²) in [7, 11) is 0. The first-order chi connectivity index (χ1) is 11.4. The zero-order valence-electron chi connectivity index (χ0n) is 14.3. The highest BCUT2D eigenvalue weighted by Gasteiger charge is 2.29. The van der Waals surface area contributed by atoms with Crippen molar-refractivity contribution in [3.63, 3.8) is 0 Å². The smallest absolute Gasteiger partial charge is 0.410 e. The van der Waals surface area contributed by atoms with Crippen molar-refractivity contribution in [2.24, 2.45) is 0 Å². The molecule has 0 spiro atoms. The van der Waals surface area contributed by atoms with Crippen molar-refractivity contribution in [1.82, 2.24) is 25.2 Å². The molecular formula is C17H23N5O2. The average Bonchev–Trinajstić information content (AvgIpc) is 3.04. The lowest BCUT2D eigenvalue weighted by Crippen LogP contribution is -2.49. The van der Waals surface area contributed by atoms with E-state index in [0.29, 0.717) is 19.6 Å². The SMILES string of the molecule is CC(C)(C)OC(=O)N1CCNC(c2cn(-c3ccccc3)nn2)C1. The molecule has 0 saturated carbocycles. The third-order valence-electron chi connectivity index (χ3n) is 3.72. The van der Waals surface area contributed by atoms with Crippen LogP contribution in [0.15, 0.2) is 36.5 Å². The topological polar surface area (TPSA) is 72.3 Å². The Labute approximate surface area is 141 Å². The largest absolute Gasteiger partial charge is 0.444 e. The molecule has 1 aromatic carbocycles. The fourth-order valence-corrected chi connectivity index (χ4v) is 2.58. The van der Waals surface area contributed by atoms with Crippen molar-refractivity contribution < 1.29 is 9.53 Å². The van der Waals surface area contributed by atoms with Gasteiger partial charge in [0.1, 0.15) is 11.3 Å². The second-order valence-corrected chi connectivity index (χ2v) is 6.86. The fourth-order valence-electron chi connectivity index (χ4n) is 2.58. The van der Waals surface area contributed by atoms with Crippen LogP contribution in [-0.2, 0) is 4.74 Å². The van der Waals surface area contributed by atoms with E-state index in [4.69, 9.17) is 4.74 Å². The average molecular weight is 329 g/mol. The standard InChI is InChI=1S/C17H23N5O2/c1-17(2,3)24-16(23)21-10-9-18-14(11-21)15-12-22(20-19-15)13-7-5-4-6-8-13/h4-8,12,14,18H,9-11H2,1-3H3. The van der Waals surface area contributed by atoms with Crippen LogP contribution >= 0.6 is 0 Å². The van der Waals surface area contributed by atoms with Gasteiger partial charge in [0.2, 0.25) is 0 Å². The summed E-state index contributed by atoms with van der Waals surface area (Å²) in [6.07, 6.45) is 1.61. The molecule has 0 radical (unpaired) electrons. The number of amides is 1. The summed E-state index contributed by atoms with van der Waals surface area (Å²) < 4.78 is 7.19. The first-order valence-corrected chi connectivity index (χ1v) is 8.11. The predicted molar refractivity (Wildman–Crippen MR) is 89.9 cm³/mol. The number of rotatable bonds is 2. The minimum absolute atomic E-state index is 0.0521. The Kier molecular flexibility index (Phi) is 4.53. The number of nitrogens with zero attached hydrogens (tertiary/aromatic N) is 4. The van der Waals surface area contributed by atoms with Gasteiger partial charge in [-0.05, 0) is 32.9 Å². The maximum absolute atomic E-state index is 12.3. The first kappa shape index (κ1) is 16.4. The number of benzene rings is 1. The Morgan fingerprint density at radius 2 is 2.04 bits per heavy atom. The molecule has 3 rings (SSSR count). The third kappa shape index (κ3) is 3.91. The van der Waals surface area contributed by atoms with Crippen LogP contribution in [0.25, 0.3) is 5.69 Å². The molecule has 1 unspecified atom stereocenters. The molecule has 2 aromatic rings. The highest BCUT2D eigenvalue weighted by Crippen LogP contribution is 2.18. The van der Waals surface area contributed by atoms with Gasteiger partial charge in [0.15, 0.2) is 0 Å². The number of hydrogen-bond acceptors (Lipinski definition) is 5. The quantitative estimate of drug-likeness (QED) is 0.914. The normalized spacial score (nSPS) is 18.5. The van der Waals surface area contributed by atoms with E-state index < -0.39 is 5.60 Å². The summed E-state index contributed by atoms with van der Waals surface area (Å²) >= 11 is 0. The highest BCUT2D eigenvalue weighted by atomic mass is 16.6. The molecule has 1 aromatic heterocycles. The van der Waals surface area contributed by atoms with Crippen molar-refractivity contribution in [2.75, 3.05) is 19.6 Å². The number of ether oxygens (including phenoxy) is 1. The summed E-state index contributed by atoms with van der Waals surface area (Å²) in [4.78, 5) is 14.0. The lowest BCUT2D eigenvalue weighted by molar-refractivity contribution is 0.0193. The lowest BCUT2D eigenvalue weighted by atomic mass is 10.1. The van der Waals surface area contributed by atoms with Crippen molar-refractivity contribution >= 4 is 6.09 Å². The van der Waals surface area contributed by atoms with Gasteiger partial charge in [0.25, 0.3) is 0 Å². The molecule has 1 atom stereocenters. The summed E-state index contributed by atoms with van der Waals surface area (Å²) in [6, 6.07) is 9.77. The van der Waals surface area contributed by atoms with E-state index in [1.54, 1.807) is 9.58 Å². The molecule has 0 aliphatic carbocycles. The Hall–Kier alpha value is -2.41. The molecule has 0 bridgehead atoms. The van der Waals surface area contributed by atoms with E-state index >= 15 is 0 Å². The van der Waals surface area contributed by atoms with Crippen LogP contribution in [0.1, 0.15) is 32.5 Å². The van der Waals surface area contributed by atoms with Crippen molar-refractivity contribution in [1.29, 1.82) is 0 Å². The van der Waals surface area contributed by atoms with Crippen LogP contribution in [0.3, 0.4) is 0 Å². The van der Waals surface area contributed by atoms with Gasteiger partial charge in [0, 0.05) is 19.6 Å². The van der Waals surface area contributed by atoms with Crippen LogP contribution in [0.2, 0.25) is 0 Å². The zero-order chi connectivity index (χ0) is 17.2. The molecule has 1 N–H and O–H groups in total. The second-order valence-electron chi connectivity index (χ2n) is 6.86. The van der Waals surface area contributed by atoms with Crippen LogP contribution in [-0.4, -0.2) is 51.2 Å². The maximum atomic E-state index is 12.3. The Morgan fingerprint density at radius 3 is 2.75 bits per heavy atom. The van der Waals surface area contributed by atoms with Crippen LogP contribution in [0.4, 0.5) is 4.79 Å². The van der Waals surface area contributed by atoms with Gasteiger partial charge < -0.3 is 15.0 Å². The minimum atomic E-state index is -0.492. The zero-order valence-corrected chi connectivity index (χ0v) is 14.3. The van der Waals surface area contributed by atoms with E-state index in [-0.39, 0.29) is 12.1 Å². The van der Waals surface area contributed by atoms with Gasteiger partial charge in [-0.15, -0.1) is 5.10 Å². The molecular weight excluding hydrogens is 306 g/mol. The fraction of sp³-hybridized carbons (Fsp3) is 0.471. The van der Waals surface area contributed by atoms with Crippen LogP contribution < -0.4 is 5.32 Å². The summed E-state index contributed by atoms with van der Waals surface area (Å²) in [5.41, 5.74) is 1.27. The van der Waals surface area contributed by atoms with E-state index in [1.807, 2.05) is 57.3 Å². The van der Waals surface area contributed by atoms with E-state index in [0.717, 1.165) is 11.4 Å². The molecule has 1 fully saturated rings. The monoisotopic (exact) mass is 329 g/mol. The number of hydrogen-bond donors (Lipinski definition) is 1. The lowest BCUT2D eigenvalue weighted by Gasteiger charge is -2.34. The van der Waals surface area contributed by atoms with Gasteiger partial charge in [-0.2, -0.15) is 0 Å². The second kappa shape index (κ2) is 6.60. The third-order valence-corrected chi connectivity index (χ3v) is 3.72. The van der Waals surface area contributed by atoms with Crippen LogP contribution in [0, 0.1) is 0 Å². The maximum Gasteiger partial charge on any atom is 0.410 e. The van der Waals surface area contributed by atoms with Gasteiger partial charge in [-0.25, -0.2) is 9.48 Å².